The van der Waals surface area contributed by atoms with E-state index in [1.54, 1.807) is 4.31 Å². The van der Waals surface area contributed by atoms with Crippen LogP contribution >= 0.6 is 0 Å². The van der Waals surface area contributed by atoms with Gasteiger partial charge in [-0.2, -0.15) is 0 Å². The number of rotatable bonds is 3. The molecular formula is C13H16N2O2S. The summed E-state index contributed by atoms with van der Waals surface area (Å²) in [5.41, 5.74) is 1.89. The van der Waals surface area contributed by atoms with E-state index in [0.717, 1.165) is 29.3 Å². The summed E-state index contributed by atoms with van der Waals surface area (Å²) in [4.78, 5) is 3.10. The molecule has 18 heavy (non-hydrogen) atoms. The monoisotopic (exact) mass is 264 g/mol. The zero-order chi connectivity index (χ0) is 12.6. The van der Waals surface area contributed by atoms with E-state index in [-0.39, 0.29) is 5.75 Å². The van der Waals surface area contributed by atoms with Crippen LogP contribution in [-0.2, 0) is 15.8 Å². The average Bonchev–Trinajstić information content (AvgIpc) is 2.99. The van der Waals surface area contributed by atoms with Crippen LogP contribution in [0.2, 0.25) is 0 Å². The van der Waals surface area contributed by atoms with Crippen LogP contribution in [0.15, 0.2) is 30.5 Å². The Labute approximate surface area is 107 Å². The molecule has 1 aromatic carbocycles. The maximum absolute atomic E-state index is 12.2. The number of aromatic nitrogens is 1. The first kappa shape index (κ1) is 11.7. The fraction of sp³-hybridized carbons (Fsp3) is 0.385. The van der Waals surface area contributed by atoms with Gasteiger partial charge in [-0.1, -0.05) is 6.07 Å². The Bertz CT molecular complexity index is 654. The lowest BCUT2D eigenvalue weighted by molar-refractivity contribution is 0.476. The second-order valence-electron chi connectivity index (χ2n) is 4.76. The Morgan fingerprint density at radius 1 is 1.17 bits per heavy atom. The SMILES string of the molecule is O=S(=O)(Cc1ccc2[nH]ccc2c1)N1CCCC1. The van der Waals surface area contributed by atoms with Gasteiger partial charge in [0.25, 0.3) is 0 Å². The number of nitrogens with one attached hydrogen (secondary N) is 1. The number of fused-ring (bicyclic) bond motifs is 1. The van der Waals surface area contributed by atoms with Crippen molar-refractivity contribution >= 4 is 20.9 Å². The predicted octanol–water partition coefficient (Wildman–Crippen LogP) is 2.09. The maximum atomic E-state index is 12.2. The fourth-order valence-electron chi connectivity index (χ4n) is 2.46. The molecule has 1 aromatic heterocycles. The Hall–Kier alpha value is -1.33. The van der Waals surface area contributed by atoms with Crippen molar-refractivity contribution in [1.29, 1.82) is 0 Å². The standard InChI is InChI=1S/C13H16N2O2S/c16-18(17,15-7-1-2-8-15)10-11-3-4-13-12(9-11)5-6-14-13/h3-6,9,14H,1-2,7-8,10H2. The summed E-state index contributed by atoms with van der Waals surface area (Å²) in [7, 11) is -3.14. The molecule has 1 fully saturated rings. The molecule has 1 saturated heterocycles. The van der Waals surface area contributed by atoms with Crippen molar-refractivity contribution in [3.05, 3.63) is 36.0 Å². The highest BCUT2D eigenvalue weighted by Crippen LogP contribution is 2.20. The lowest BCUT2D eigenvalue weighted by Crippen LogP contribution is -2.29. The van der Waals surface area contributed by atoms with Crippen LogP contribution < -0.4 is 0 Å². The molecule has 0 atom stereocenters. The maximum Gasteiger partial charge on any atom is 0.218 e. The lowest BCUT2D eigenvalue weighted by atomic mass is 10.2. The van der Waals surface area contributed by atoms with Crippen LogP contribution in [0.4, 0.5) is 0 Å². The zero-order valence-electron chi connectivity index (χ0n) is 10.1. The Kier molecular flexibility index (Phi) is 2.87. The van der Waals surface area contributed by atoms with Crippen molar-refractivity contribution in [3.63, 3.8) is 0 Å². The highest BCUT2D eigenvalue weighted by Gasteiger charge is 2.25. The van der Waals surface area contributed by atoms with Gasteiger partial charge in [0.1, 0.15) is 0 Å². The summed E-state index contributed by atoms with van der Waals surface area (Å²) >= 11 is 0. The summed E-state index contributed by atoms with van der Waals surface area (Å²) in [5.74, 6) is 0.105. The second kappa shape index (κ2) is 4.40. The fourth-order valence-corrected chi connectivity index (χ4v) is 4.06. The number of sulfonamides is 1. The average molecular weight is 264 g/mol. The molecular weight excluding hydrogens is 248 g/mol. The molecule has 2 heterocycles. The molecule has 0 aliphatic carbocycles. The van der Waals surface area contributed by atoms with Crippen molar-refractivity contribution in [3.8, 4) is 0 Å². The van der Waals surface area contributed by atoms with E-state index in [2.05, 4.69) is 4.98 Å². The van der Waals surface area contributed by atoms with Gasteiger partial charge in [0.15, 0.2) is 0 Å². The van der Waals surface area contributed by atoms with E-state index in [1.807, 2.05) is 30.5 Å². The third-order valence-corrected chi connectivity index (χ3v) is 5.28. The normalized spacial score (nSPS) is 17.6. The van der Waals surface area contributed by atoms with Crippen molar-refractivity contribution in [1.82, 2.24) is 9.29 Å². The minimum absolute atomic E-state index is 0.105. The van der Waals surface area contributed by atoms with E-state index in [9.17, 15) is 8.42 Å². The van der Waals surface area contributed by atoms with Crippen molar-refractivity contribution < 1.29 is 8.42 Å². The molecule has 3 rings (SSSR count). The largest absolute Gasteiger partial charge is 0.361 e. The zero-order valence-corrected chi connectivity index (χ0v) is 10.9. The number of aromatic amines is 1. The van der Waals surface area contributed by atoms with Crippen LogP contribution in [0.1, 0.15) is 18.4 Å². The topological polar surface area (TPSA) is 53.2 Å². The number of benzene rings is 1. The molecule has 0 spiro atoms. The van der Waals surface area contributed by atoms with Gasteiger partial charge >= 0.3 is 0 Å². The van der Waals surface area contributed by atoms with Crippen LogP contribution in [0.5, 0.6) is 0 Å². The van der Waals surface area contributed by atoms with Crippen LogP contribution in [0.25, 0.3) is 10.9 Å². The third kappa shape index (κ3) is 2.15. The Balaban J connectivity index is 1.86. The summed E-state index contributed by atoms with van der Waals surface area (Å²) in [5, 5.41) is 1.06. The molecule has 4 nitrogen and oxygen atoms in total. The van der Waals surface area contributed by atoms with Crippen molar-refractivity contribution in [2.75, 3.05) is 13.1 Å². The minimum Gasteiger partial charge on any atom is -0.361 e. The first-order chi connectivity index (χ1) is 8.65. The summed E-state index contributed by atoms with van der Waals surface area (Å²) in [6, 6.07) is 7.72. The van der Waals surface area contributed by atoms with Gasteiger partial charge in [0, 0.05) is 24.8 Å². The van der Waals surface area contributed by atoms with Gasteiger partial charge in [-0.25, -0.2) is 12.7 Å². The molecule has 1 N–H and O–H groups in total. The van der Waals surface area contributed by atoms with Gasteiger partial charge in [-0.15, -0.1) is 0 Å². The molecule has 1 aliphatic heterocycles. The van der Waals surface area contributed by atoms with Crippen molar-refractivity contribution in [2.24, 2.45) is 0 Å². The molecule has 0 unspecified atom stereocenters. The number of nitrogens with zero attached hydrogens (tertiary/aromatic N) is 1. The molecule has 2 aromatic rings. The van der Waals surface area contributed by atoms with Crippen LogP contribution in [-0.4, -0.2) is 30.8 Å². The van der Waals surface area contributed by atoms with E-state index >= 15 is 0 Å². The quantitative estimate of drug-likeness (QED) is 0.923. The van der Waals surface area contributed by atoms with Crippen molar-refractivity contribution in [2.45, 2.75) is 18.6 Å². The number of H-pyrrole nitrogens is 1. The van der Waals surface area contributed by atoms with Gasteiger partial charge in [0.2, 0.25) is 10.0 Å². The van der Waals surface area contributed by atoms with E-state index < -0.39 is 10.0 Å². The molecule has 0 bridgehead atoms. The van der Waals surface area contributed by atoms with E-state index in [1.165, 1.54) is 0 Å². The Morgan fingerprint density at radius 2 is 1.94 bits per heavy atom. The van der Waals surface area contributed by atoms with Gasteiger partial charge in [0.05, 0.1) is 5.75 Å². The summed E-state index contributed by atoms with van der Waals surface area (Å²) in [6.07, 6.45) is 3.83. The minimum atomic E-state index is -3.14. The highest BCUT2D eigenvalue weighted by molar-refractivity contribution is 7.88. The molecule has 1 aliphatic rings. The molecule has 0 amide bonds. The van der Waals surface area contributed by atoms with Gasteiger partial charge in [-0.3, -0.25) is 0 Å². The van der Waals surface area contributed by atoms with Gasteiger partial charge in [-0.05, 0) is 42.0 Å². The first-order valence-corrected chi connectivity index (χ1v) is 7.80. The van der Waals surface area contributed by atoms with Crippen LogP contribution in [0.3, 0.4) is 0 Å². The lowest BCUT2D eigenvalue weighted by Gasteiger charge is -2.15. The molecule has 0 saturated carbocycles. The van der Waals surface area contributed by atoms with E-state index in [4.69, 9.17) is 0 Å². The highest BCUT2D eigenvalue weighted by atomic mass is 32.2. The molecule has 0 radical (unpaired) electrons. The smallest absolute Gasteiger partial charge is 0.218 e. The second-order valence-corrected chi connectivity index (χ2v) is 6.73. The van der Waals surface area contributed by atoms with Gasteiger partial charge < -0.3 is 4.98 Å². The first-order valence-electron chi connectivity index (χ1n) is 6.19. The molecule has 5 heteroatoms. The van der Waals surface area contributed by atoms with Crippen LogP contribution in [0, 0.1) is 0 Å². The Morgan fingerprint density at radius 3 is 2.72 bits per heavy atom. The van der Waals surface area contributed by atoms with E-state index in [0.29, 0.717) is 13.1 Å². The summed E-state index contributed by atoms with van der Waals surface area (Å²) in [6.45, 7) is 1.35. The number of hydrogen-bond acceptors (Lipinski definition) is 2. The molecule has 96 valence electrons. The third-order valence-electron chi connectivity index (χ3n) is 3.43. The summed E-state index contributed by atoms with van der Waals surface area (Å²) < 4.78 is 26.0. The predicted molar refractivity (Wildman–Crippen MR) is 71.7 cm³/mol. The number of hydrogen-bond donors (Lipinski definition) is 1.